The molecule has 1 saturated heterocycles. The van der Waals surface area contributed by atoms with Crippen LogP contribution in [0.3, 0.4) is 0 Å². The van der Waals surface area contributed by atoms with Gasteiger partial charge in [-0.05, 0) is 43.5 Å². The minimum absolute atomic E-state index is 0.00186. The number of Topliss-reactive ketones (excluding diaryl/α,β-unsaturated/α-hetero) is 1. The first-order valence-corrected chi connectivity index (χ1v) is 7.03. The van der Waals surface area contributed by atoms with Crippen molar-refractivity contribution in [2.75, 3.05) is 6.61 Å². The smallest absolute Gasteiger partial charge is 0.168 e. The van der Waals surface area contributed by atoms with Crippen LogP contribution in [0.1, 0.15) is 36.7 Å². The molecular formula is C16H20O3. The van der Waals surface area contributed by atoms with Crippen LogP contribution in [0.15, 0.2) is 18.2 Å². The molecule has 3 heteroatoms. The zero-order chi connectivity index (χ0) is 13.6. The molecule has 3 nitrogen and oxygen atoms in total. The van der Waals surface area contributed by atoms with E-state index in [4.69, 9.17) is 9.47 Å². The van der Waals surface area contributed by atoms with Crippen molar-refractivity contribution in [3.8, 4) is 5.75 Å². The molecule has 0 radical (unpaired) electrons. The lowest BCUT2D eigenvalue weighted by Crippen LogP contribution is -2.26. The Balaban J connectivity index is 1.88. The van der Waals surface area contributed by atoms with Crippen LogP contribution in [0.2, 0.25) is 0 Å². The van der Waals surface area contributed by atoms with Crippen LogP contribution in [0.5, 0.6) is 5.75 Å². The molecule has 1 aromatic rings. The molecule has 0 spiro atoms. The van der Waals surface area contributed by atoms with E-state index in [0.717, 1.165) is 29.9 Å². The number of rotatable bonds is 2. The van der Waals surface area contributed by atoms with Crippen molar-refractivity contribution in [1.29, 1.82) is 0 Å². The van der Waals surface area contributed by atoms with E-state index >= 15 is 0 Å². The average molecular weight is 260 g/mol. The van der Waals surface area contributed by atoms with Gasteiger partial charge in [0.05, 0.1) is 24.7 Å². The maximum atomic E-state index is 12.7. The molecule has 0 aliphatic carbocycles. The number of hydrogen-bond acceptors (Lipinski definition) is 3. The van der Waals surface area contributed by atoms with Crippen molar-refractivity contribution in [2.45, 2.75) is 39.4 Å². The normalized spacial score (nSPS) is 33.0. The van der Waals surface area contributed by atoms with Crippen LogP contribution in [0.4, 0.5) is 0 Å². The van der Waals surface area contributed by atoms with Crippen molar-refractivity contribution in [3.05, 3.63) is 29.3 Å². The van der Waals surface area contributed by atoms with E-state index in [0.29, 0.717) is 0 Å². The molecule has 3 rings (SSSR count). The summed E-state index contributed by atoms with van der Waals surface area (Å²) in [5.41, 5.74) is 1.95. The molecule has 1 fully saturated rings. The molecule has 2 heterocycles. The molecule has 0 saturated carbocycles. The lowest BCUT2D eigenvalue weighted by molar-refractivity contribution is 0.0491. The van der Waals surface area contributed by atoms with Crippen molar-refractivity contribution in [1.82, 2.24) is 0 Å². The fourth-order valence-corrected chi connectivity index (χ4v) is 3.25. The summed E-state index contributed by atoms with van der Waals surface area (Å²) in [6, 6.07) is 5.80. The zero-order valence-corrected chi connectivity index (χ0v) is 11.7. The molecule has 2 aliphatic heterocycles. The van der Waals surface area contributed by atoms with E-state index in [1.54, 1.807) is 0 Å². The van der Waals surface area contributed by atoms with Gasteiger partial charge in [-0.15, -0.1) is 0 Å². The number of fused-ring (bicyclic) bond motifs is 1. The molecule has 4 unspecified atom stereocenters. The van der Waals surface area contributed by atoms with Gasteiger partial charge in [-0.25, -0.2) is 0 Å². The van der Waals surface area contributed by atoms with Gasteiger partial charge >= 0.3 is 0 Å². The lowest BCUT2D eigenvalue weighted by Gasteiger charge is -2.17. The molecule has 0 N–H and O–H groups in total. The van der Waals surface area contributed by atoms with Gasteiger partial charge in [0.1, 0.15) is 5.75 Å². The standard InChI is InChI=1S/C16H20O3/c1-9-10(2)19-11(3)15(9)16(17)13-4-5-14-12(8-13)6-7-18-14/h4-5,8-11,15H,6-7H2,1-3H3. The van der Waals surface area contributed by atoms with Crippen LogP contribution in [-0.4, -0.2) is 24.6 Å². The third-order valence-electron chi connectivity index (χ3n) is 4.52. The van der Waals surface area contributed by atoms with Gasteiger partial charge in [0.25, 0.3) is 0 Å². The highest BCUT2D eigenvalue weighted by Gasteiger charge is 2.41. The molecule has 0 aromatic heterocycles. The van der Waals surface area contributed by atoms with Crippen LogP contribution in [-0.2, 0) is 11.2 Å². The Morgan fingerprint density at radius 1 is 1.21 bits per heavy atom. The number of ether oxygens (including phenoxy) is 2. The summed E-state index contributed by atoms with van der Waals surface area (Å²) in [5.74, 6) is 1.37. The number of ketones is 1. The van der Waals surface area contributed by atoms with Crippen molar-refractivity contribution < 1.29 is 14.3 Å². The van der Waals surface area contributed by atoms with Crippen LogP contribution in [0.25, 0.3) is 0 Å². The van der Waals surface area contributed by atoms with Gasteiger partial charge in [0, 0.05) is 12.0 Å². The topological polar surface area (TPSA) is 35.5 Å². The summed E-state index contributed by atoms with van der Waals surface area (Å²) in [5, 5.41) is 0. The highest BCUT2D eigenvalue weighted by Crippen LogP contribution is 2.35. The summed E-state index contributed by atoms with van der Waals surface area (Å²) in [7, 11) is 0. The van der Waals surface area contributed by atoms with Crippen LogP contribution < -0.4 is 4.74 Å². The predicted molar refractivity (Wildman–Crippen MR) is 72.6 cm³/mol. The Hall–Kier alpha value is -1.35. The summed E-state index contributed by atoms with van der Waals surface area (Å²) >= 11 is 0. The first-order valence-electron chi connectivity index (χ1n) is 7.03. The zero-order valence-electron chi connectivity index (χ0n) is 11.7. The summed E-state index contributed by atoms with van der Waals surface area (Å²) in [6.07, 6.45) is 1.06. The Morgan fingerprint density at radius 2 is 2.00 bits per heavy atom. The van der Waals surface area contributed by atoms with Gasteiger partial charge in [-0.2, -0.15) is 0 Å². The van der Waals surface area contributed by atoms with Crippen molar-refractivity contribution in [3.63, 3.8) is 0 Å². The maximum Gasteiger partial charge on any atom is 0.168 e. The average Bonchev–Trinajstić information content (AvgIpc) is 2.94. The monoisotopic (exact) mass is 260 g/mol. The maximum absolute atomic E-state index is 12.7. The quantitative estimate of drug-likeness (QED) is 0.767. The summed E-state index contributed by atoms with van der Waals surface area (Å²) in [4.78, 5) is 12.7. The van der Waals surface area contributed by atoms with Crippen LogP contribution in [0, 0.1) is 11.8 Å². The minimum Gasteiger partial charge on any atom is -0.493 e. The van der Waals surface area contributed by atoms with E-state index < -0.39 is 0 Å². The second kappa shape index (κ2) is 4.64. The Labute approximate surface area is 113 Å². The first kappa shape index (κ1) is 12.7. The highest BCUT2D eigenvalue weighted by molar-refractivity contribution is 5.99. The van der Waals surface area contributed by atoms with Gasteiger partial charge in [-0.1, -0.05) is 6.92 Å². The molecule has 19 heavy (non-hydrogen) atoms. The van der Waals surface area contributed by atoms with E-state index in [1.165, 1.54) is 0 Å². The molecular weight excluding hydrogens is 240 g/mol. The van der Waals surface area contributed by atoms with Crippen molar-refractivity contribution in [2.24, 2.45) is 11.8 Å². The first-order chi connectivity index (χ1) is 9.08. The van der Waals surface area contributed by atoms with Crippen molar-refractivity contribution >= 4 is 5.78 Å². The number of hydrogen-bond donors (Lipinski definition) is 0. The van der Waals surface area contributed by atoms with Gasteiger partial charge < -0.3 is 9.47 Å². The molecule has 0 amide bonds. The van der Waals surface area contributed by atoms with Gasteiger partial charge in [0.2, 0.25) is 0 Å². The summed E-state index contributed by atoms with van der Waals surface area (Å²) in [6.45, 7) is 6.88. The second-order valence-electron chi connectivity index (χ2n) is 5.72. The van der Waals surface area contributed by atoms with E-state index in [9.17, 15) is 4.79 Å². The Bertz CT molecular complexity index is 509. The predicted octanol–water partition coefficient (Wildman–Crippen LogP) is 2.86. The SMILES string of the molecule is CC1OC(C)C(C(=O)c2ccc3c(c2)CCO3)C1C. The van der Waals surface area contributed by atoms with Gasteiger partial charge in [-0.3, -0.25) is 4.79 Å². The largest absolute Gasteiger partial charge is 0.493 e. The minimum atomic E-state index is -0.0321. The van der Waals surface area contributed by atoms with E-state index in [2.05, 4.69) is 6.92 Å². The number of carbonyl (C=O) groups is 1. The molecule has 2 aliphatic rings. The number of carbonyl (C=O) groups excluding carboxylic acids is 1. The third-order valence-corrected chi connectivity index (χ3v) is 4.52. The second-order valence-corrected chi connectivity index (χ2v) is 5.72. The molecule has 102 valence electrons. The van der Waals surface area contributed by atoms with Crippen LogP contribution >= 0.6 is 0 Å². The fraction of sp³-hybridized carbons (Fsp3) is 0.562. The highest BCUT2D eigenvalue weighted by atomic mass is 16.5. The molecule has 0 bridgehead atoms. The fourth-order valence-electron chi connectivity index (χ4n) is 3.25. The molecule has 1 aromatic carbocycles. The van der Waals surface area contributed by atoms with E-state index in [-0.39, 0.29) is 29.8 Å². The lowest BCUT2D eigenvalue weighted by atomic mass is 9.83. The van der Waals surface area contributed by atoms with E-state index in [1.807, 2.05) is 32.0 Å². The summed E-state index contributed by atoms with van der Waals surface area (Å²) < 4.78 is 11.3. The number of benzene rings is 1. The molecule has 4 atom stereocenters. The van der Waals surface area contributed by atoms with Gasteiger partial charge in [0.15, 0.2) is 5.78 Å². The third kappa shape index (κ3) is 2.06. The Kier molecular flexibility index (Phi) is 3.09. The Morgan fingerprint density at radius 3 is 2.68 bits per heavy atom.